The van der Waals surface area contributed by atoms with Crippen molar-refractivity contribution in [3.63, 3.8) is 0 Å². The molecule has 2 atom stereocenters. The lowest BCUT2D eigenvalue weighted by atomic mass is 9.91. The van der Waals surface area contributed by atoms with Crippen LogP contribution in [0.2, 0.25) is 0 Å². The van der Waals surface area contributed by atoms with Crippen LogP contribution >= 0.6 is 0 Å². The summed E-state index contributed by atoms with van der Waals surface area (Å²) in [5, 5.41) is 2.75. The van der Waals surface area contributed by atoms with Gasteiger partial charge in [-0.2, -0.15) is 0 Å². The van der Waals surface area contributed by atoms with Gasteiger partial charge in [-0.3, -0.25) is 4.90 Å². The maximum Gasteiger partial charge on any atom is 0.116 e. The first-order chi connectivity index (χ1) is 18.2. The standard InChI is InChI=1S/C27H36N2O.C2H7N.C2H4O.C2H6/c1-19-10-11-26-22(4)27(16-25-17-28(5)21(3)18-30-25)29-13-12-20(2)15-24(29)9-7-6-8-23(26)14-19;1-3-2;1-2-3;1-2/h9-15,21,25H,6-8,16-18H2,1-5H3;3H,1-2H3;2H,1H3;1-2H3/b24-9+,27-22+;;;. The molecule has 1 fully saturated rings. The van der Waals surface area contributed by atoms with Crippen molar-refractivity contribution in [2.45, 2.75) is 86.3 Å². The van der Waals surface area contributed by atoms with Crippen molar-refractivity contribution >= 4 is 11.9 Å². The smallest absolute Gasteiger partial charge is 0.116 e. The minimum Gasteiger partial charge on any atom is -0.375 e. The molecule has 0 bridgehead atoms. The Morgan fingerprint density at radius 1 is 1.16 bits per heavy atom. The van der Waals surface area contributed by atoms with Crippen molar-refractivity contribution in [1.29, 1.82) is 0 Å². The average molecular weight is 524 g/mol. The number of aryl methyl sites for hydroxylation is 2. The highest BCUT2D eigenvalue weighted by Crippen LogP contribution is 2.35. The summed E-state index contributed by atoms with van der Waals surface area (Å²) >= 11 is 0. The first-order valence-corrected chi connectivity index (χ1v) is 14.2. The van der Waals surface area contributed by atoms with Crippen LogP contribution in [0.3, 0.4) is 0 Å². The molecular formula is C33H53N3O2. The fourth-order valence-electron chi connectivity index (χ4n) is 4.75. The molecule has 0 aromatic heterocycles. The summed E-state index contributed by atoms with van der Waals surface area (Å²) in [6.45, 7) is 16.2. The van der Waals surface area contributed by atoms with Crippen molar-refractivity contribution in [3.8, 4) is 0 Å². The second kappa shape index (κ2) is 17.9. The van der Waals surface area contributed by atoms with Crippen LogP contribution in [0.15, 0.2) is 59.6 Å². The van der Waals surface area contributed by atoms with E-state index >= 15 is 0 Å². The largest absolute Gasteiger partial charge is 0.375 e. The Hall–Kier alpha value is -2.47. The van der Waals surface area contributed by atoms with Gasteiger partial charge in [-0.25, -0.2) is 0 Å². The molecular weight excluding hydrogens is 470 g/mol. The molecule has 1 N–H and O–H groups in total. The van der Waals surface area contributed by atoms with Crippen LogP contribution in [0.25, 0.3) is 5.57 Å². The van der Waals surface area contributed by atoms with E-state index in [-0.39, 0.29) is 6.10 Å². The van der Waals surface area contributed by atoms with Crippen LogP contribution in [-0.2, 0) is 16.0 Å². The van der Waals surface area contributed by atoms with Crippen LogP contribution in [-0.4, -0.2) is 62.5 Å². The summed E-state index contributed by atoms with van der Waals surface area (Å²) in [6, 6.07) is 7.45. The SMILES string of the molecule is CC.CC1=C/C2=C\CCCc3cc(C)ccc3/C(C)=C(\CC3CN(C)C(C)CO3)N2C=C1.CC=O.CNC. The van der Waals surface area contributed by atoms with E-state index in [1.165, 1.54) is 52.6 Å². The maximum atomic E-state index is 8.81. The summed E-state index contributed by atoms with van der Waals surface area (Å²) in [6.07, 6.45) is 14.5. The number of morpholine rings is 1. The summed E-state index contributed by atoms with van der Waals surface area (Å²) < 4.78 is 6.29. The lowest BCUT2D eigenvalue weighted by Gasteiger charge is -2.38. The number of ether oxygens (including phenoxy) is 1. The number of fused-ring (bicyclic) bond motifs is 2. The molecule has 0 saturated carbocycles. The molecule has 38 heavy (non-hydrogen) atoms. The van der Waals surface area contributed by atoms with Crippen molar-refractivity contribution in [3.05, 3.63) is 76.3 Å². The zero-order chi connectivity index (χ0) is 28.7. The lowest BCUT2D eigenvalue weighted by molar-refractivity contribution is -0.106. The number of benzene rings is 1. The third kappa shape index (κ3) is 10.0. The zero-order valence-electron chi connectivity index (χ0n) is 25.7. The quantitative estimate of drug-likeness (QED) is 0.427. The van der Waals surface area contributed by atoms with Crippen molar-refractivity contribution < 1.29 is 9.53 Å². The summed E-state index contributed by atoms with van der Waals surface area (Å²) in [5.74, 6) is 0. The molecule has 4 rings (SSSR count). The van der Waals surface area contributed by atoms with Gasteiger partial charge in [0.25, 0.3) is 0 Å². The second-order valence-electron chi connectivity index (χ2n) is 10.0. The molecule has 1 saturated heterocycles. The van der Waals surface area contributed by atoms with E-state index in [2.05, 4.69) is 92.5 Å². The number of nitrogens with zero attached hydrogens (tertiary/aromatic N) is 2. The molecule has 5 nitrogen and oxygen atoms in total. The third-order valence-corrected chi connectivity index (χ3v) is 6.77. The molecule has 212 valence electrons. The fourth-order valence-corrected chi connectivity index (χ4v) is 4.75. The Balaban J connectivity index is 0.000000811. The molecule has 1 aromatic rings. The van der Waals surface area contributed by atoms with Gasteiger partial charge >= 0.3 is 0 Å². The number of hydrogen-bond acceptors (Lipinski definition) is 5. The highest BCUT2D eigenvalue weighted by atomic mass is 16.5. The van der Waals surface area contributed by atoms with Gasteiger partial charge in [0.05, 0.1) is 12.7 Å². The topological polar surface area (TPSA) is 44.8 Å². The Morgan fingerprint density at radius 2 is 1.82 bits per heavy atom. The maximum absolute atomic E-state index is 8.81. The van der Waals surface area contributed by atoms with Crippen molar-refractivity contribution in [2.75, 3.05) is 34.3 Å². The number of nitrogens with one attached hydrogen (secondary N) is 1. The van der Waals surface area contributed by atoms with Gasteiger partial charge in [-0.1, -0.05) is 43.7 Å². The number of allylic oxidation sites excluding steroid dienone is 5. The minimum absolute atomic E-state index is 0.217. The molecule has 3 aliphatic rings. The van der Waals surface area contributed by atoms with E-state index in [1.54, 1.807) is 0 Å². The van der Waals surface area contributed by atoms with Gasteiger partial charge in [0.1, 0.15) is 6.29 Å². The third-order valence-electron chi connectivity index (χ3n) is 6.77. The van der Waals surface area contributed by atoms with Crippen LogP contribution in [0, 0.1) is 6.92 Å². The minimum atomic E-state index is 0.217. The van der Waals surface area contributed by atoms with Crippen LogP contribution in [0.1, 0.15) is 77.5 Å². The van der Waals surface area contributed by atoms with E-state index in [1.807, 2.05) is 27.9 Å². The van der Waals surface area contributed by atoms with E-state index in [0.29, 0.717) is 6.04 Å². The Labute approximate surface area is 233 Å². The number of aldehydes is 1. The Bertz CT molecular complexity index is 990. The predicted octanol–water partition coefficient (Wildman–Crippen LogP) is 6.90. The second-order valence-corrected chi connectivity index (χ2v) is 10.0. The van der Waals surface area contributed by atoms with E-state index in [4.69, 9.17) is 9.53 Å². The van der Waals surface area contributed by atoms with E-state index in [9.17, 15) is 0 Å². The lowest BCUT2D eigenvalue weighted by Crippen LogP contribution is -2.46. The number of hydrogen-bond donors (Lipinski definition) is 1. The van der Waals surface area contributed by atoms with E-state index < -0.39 is 0 Å². The average Bonchev–Trinajstić information content (AvgIpc) is 2.89. The molecule has 3 heterocycles. The predicted molar refractivity (Wildman–Crippen MR) is 164 cm³/mol. The molecule has 5 heteroatoms. The van der Waals surface area contributed by atoms with Crippen molar-refractivity contribution in [1.82, 2.24) is 15.1 Å². The number of carbonyl (C=O) groups excluding carboxylic acids is 1. The first-order valence-electron chi connectivity index (χ1n) is 14.2. The van der Waals surface area contributed by atoms with Gasteiger partial charge < -0.3 is 19.7 Å². The number of likely N-dealkylation sites (N-methyl/N-ethyl adjacent to an activating group) is 1. The van der Waals surface area contributed by atoms with Crippen molar-refractivity contribution in [2.24, 2.45) is 0 Å². The van der Waals surface area contributed by atoms with Crippen LogP contribution in [0.5, 0.6) is 0 Å². The number of rotatable bonds is 2. The molecule has 3 aliphatic heterocycles. The van der Waals surface area contributed by atoms with E-state index in [0.717, 1.165) is 38.7 Å². The Morgan fingerprint density at radius 3 is 2.45 bits per heavy atom. The summed E-state index contributed by atoms with van der Waals surface area (Å²) in [7, 11) is 5.96. The van der Waals surface area contributed by atoms with Crippen LogP contribution in [0.4, 0.5) is 0 Å². The molecule has 1 aromatic carbocycles. The van der Waals surface area contributed by atoms with Crippen LogP contribution < -0.4 is 5.32 Å². The molecule has 0 amide bonds. The van der Waals surface area contributed by atoms with Gasteiger partial charge in [0, 0.05) is 36.6 Å². The normalized spacial score (nSPS) is 24.3. The zero-order valence-corrected chi connectivity index (χ0v) is 25.7. The van der Waals surface area contributed by atoms with Gasteiger partial charge in [-0.15, -0.1) is 0 Å². The monoisotopic (exact) mass is 523 g/mol. The van der Waals surface area contributed by atoms with Gasteiger partial charge in [0.15, 0.2) is 0 Å². The van der Waals surface area contributed by atoms with Gasteiger partial charge in [0.2, 0.25) is 0 Å². The van der Waals surface area contributed by atoms with Gasteiger partial charge in [-0.05, 0) is 109 Å². The molecule has 2 unspecified atom stereocenters. The molecule has 0 spiro atoms. The number of carbonyl (C=O) groups is 1. The Kier molecular flexibility index (Phi) is 15.8. The highest BCUT2D eigenvalue weighted by molar-refractivity contribution is 5.70. The summed E-state index contributed by atoms with van der Waals surface area (Å²) in [4.78, 5) is 13.6. The first kappa shape index (κ1) is 33.6. The fraction of sp³-hybridized carbons (Fsp3) is 0.545. The summed E-state index contributed by atoms with van der Waals surface area (Å²) in [5.41, 5.74) is 9.57. The molecule has 0 aliphatic carbocycles. The highest BCUT2D eigenvalue weighted by Gasteiger charge is 2.28. The molecule has 0 radical (unpaired) electrons.